The van der Waals surface area contributed by atoms with E-state index in [1.54, 1.807) is 19.1 Å². The van der Waals surface area contributed by atoms with E-state index in [-0.39, 0.29) is 29.2 Å². The molecule has 156 valence electrons. The summed E-state index contributed by atoms with van der Waals surface area (Å²) in [4.78, 5) is 35.1. The van der Waals surface area contributed by atoms with E-state index in [2.05, 4.69) is 9.97 Å². The number of anilines is 2. The molecule has 0 N–H and O–H groups in total. The predicted octanol–water partition coefficient (Wildman–Crippen LogP) is 0.873. The molecule has 0 amide bonds. The van der Waals surface area contributed by atoms with Crippen LogP contribution in [-0.4, -0.2) is 81.6 Å². The van der Waals surface area contributed by atoms with Crippen LogP contribution in [0.4, 0.5) is 17.3 Å². The molecule has 11 heteroatoms. The number of nitro groups is 1. The van der Waals surface area contributed by atoms with Crippen LogP contribution in [0.3, 0.4) is 0 Å². The molecule has 1 aromatic heterocycles. The van der Waals surface area contributed by atoms with E-state index in [0.717, 1.165) is 0 Å². The van der Waals surface area contributed by atoms with Gasteiger partial charge in [-0.2, -0.15) is 0 Å². The Morgan fingerprint density at radius 3 is 2.32 bits per heavy atom. The lowest BCUT2D eigenvalue weighted by Crippen LogP contribution is -2.38. The van der Waals surface area contributed by atoms with Crippen molar-refractivity contribution in [3.8, 4) is 0 Å². The van der Waals surface area contributed by atoms with Gasteiger partial charge in [-0.3, -0.25) is 14.9 Å². The number of hydrogen-bond acceptors (Lipinski definition) is 10. The molecule has 0 unspecified atom stereocenters. The maximum Gasteiger partial charge on any atom is 0.353 e. The van der Waals surface area contributed by atoms with Crippen molar-refractivity contribution < 1.29 is 23.9 Å². The minimum absolute atomic E-state index is 0.147. The number of piperidine rings is 1. The number of ether oxygens (including phenoxy) is 3. The number of hydrogen-bond donors (Lipinski definition) is 0. The van der Waals surface area contributed by atoms with Gasteiger partial charge in [0.2, 0.25) is 11.6 Å². The first-order chi connectivity index (χ1) is 13.5. The lowest BCUT2D eigenvalue weighted by Gasteiger charge is -2.32. The van der Waals surface area contributed by atoms with Crippen LogP contribution in [-0.2, 0) is 19.0 Å². The molecule has 28 heavy (non-hydrogen) atoms. The first-order valence-electron chi connectivity index (χ1n) is 9.08. The molecule has 1 saturated heterocycles. The van der Waals surface area contributed by atoms with Crippen molar-refractivity contribution in [2.75, 3.05) is 70.5 Å². The molecule has 1 aliphatic heterocycles. The fraction of sp³-hybridized carbons (Fsp3) is 0.706. The Balaban J connectivity index is 2.29. The van der Waals surface area contributed by atoms with Gasteiger partial charge in [0.05, 0.1) is 31.2 Å². The molecule has 0 saturated carbocycles. The summed E-state index contributed by atoms with van der Waals surface area (Å²) in [7, 11) is 4.50. The smallest absolute Gasteiger partial charge is 0.353 e. The first-order valence-corrected chi connectivity index (χ1v) is 9.08. The average Bonchev–Trinajstić information content (AvgIpc) is 2.72. The van der Waals surface area contributed by atoms with Gasteiger partial charge < -0.3 is 24.0 Å². The molecule has 2 heterocycles. The second-order valence-corrected chi connectivity index (χ2v) is 6.38. The summed E-state index contributed by atoms with van der Waals surface area (Å²) < 4.78 is 15.0. The van der Waals surface area contributed by atoms with Crippen molar-refractivity contribution in [1.82, 2.24) is 9.97 Å². The van der Waals surface area contributed by atoms with Gasteiger partial charge >= 0.3 is 11.7 Å². The quantitative estimate of drug-likeness (QED) is 0.319. The Morgan fingerprint density at radius 2 is 1.82 bits per heavy atom. The molecule has 0 atom stereocenters. The second kappa shape index (κ2) is 10.7. The third kappa shape index (κ3) is 5.26. The zero-order valence-corrected chi connectivity index (χ0v) is 16.5. The molecule has 0 aliphatic carbocycles. The fourth-order valence-electron chi connectivity index (χ4n) is 3.21. The van der Waals surface area contributed by atoms with Crippen molar-refractivity contribution in [3.05, 3.63) is 16.4 Å². The molecule has 2 rings (SSSR count). The van der Waals surface area contributed by atoms with Crippen LogP contribution in [0, 0.1) is 16.0 Å². The van der Waals surface area contributed by atoms with Gasteiger partial charge in [-0.25, -0.2) is 9.97 Å². The minimum atomic E-state index is -0.455. The normalized spacial score (nSPS) is 14.8. The zero-order chi connectivity index (χ0) is 20.5. The van der Waals surface area contributed by atoms with E-state index >= 15 is 0 Å². The molecule has 1 aliphatic rings. The van der Waals surface area contributed by atoms with E-state index < -0.39 is 4.92 Å². The Hall–Kier alpha value is -2.53. The summed E-state index contributed by atoms with van der Waals surface area (Å²) in [5, 5.41) is 11.9. The van der Waals surface area contributed by atoms with Crippen LogP contribution < -0.4 is 9.80 Å². The molecule has 0 radical (unpaired) electrons. The molecule has 1 aromatic rings. The van der Waals surface area contributed by atoms with Gasteiger partial charge in [-0.05, 0) is 12.8 Å². The Labute approximate surface area is 163 Å². The highest BCUT2D eigenvalue weighted by molar-refractivity contribution is 5.74. The number of esters is 1. The summed E-state index contributed by atoms with van der Waals surface area (Å²) >= 11 is 0. The number of carbonyl (C=O) groups excluding carboxylic acids is 1. The molecular weight excluding hydrogens is 370 g/mol. The molecule has 1 fully saturated rings. The van der Waals surface area contributed by atoms with E-state index in [9.17, 15) is 14.9 Å². The highest BCUT2D eigenvalue weighted by Crippen LogP contribution is 2.36. The van der Waals surface area contributed by atoms with Crippen LogP contribution in [0.5, 0.6) is 0 Å². The van der Waals surface area contributed by atoms with Crippen LogP contribution in [0.25, 0.3) is 0 Å². The maximum atomic E-state index is 11.9. The molecule has 11 nitrogen and oxygen atoms in total. The third-order valence-electron chi connectivity index (χ3n) is 4.73. The van der Waals surface area contributed by atoms with Gasteiger partial charge in [0.15, 0.2) is 0 Å². The van der Waals surface area contributed by atoms with Crippen molar-refractivity contribution >= 4 is 23.3 Å². The van der Waals surface area contributed by atoms with E-state index in [0.29, 0.717) is 52.2 Å². The third-order valence-corrected chi connectivity index (χ3v) is 4.73. The Kier molecular flexibility index (Phi) is 8.33. The van der Waals surface area contributed by atoms with Crippen LogP contribution in [0.2, 0.25) is 0 Å². The Morgan fingerprint density at radius 1 is 1.21 bits per heavy atom. The number of carbonyl (C=O) groups is 1. The SMILES string of the molecule is COCCN(CCOC)c1ncnc(N2CCC(C(=O)OC)CC2)c1[N+](=O)[O-]. The highest BCUT2D eigenvalue weighted by atomic mass is 16.6. The monoisotopic (exact) mass is 397 g/mol. The second-order valence-electron chi connectivity index (χ2n) is 6.38. The summed E-state index contributed by atoms with van der Waals surface area (Å²) in [6.45, 7) is 2.61. The zero-order valence-electron chi connectivity index (χ0n) is 16.5. The maximum absolute atomic E-state index is 11.9. The predicted molar refractivity (Wildman–Crippen MR) is 102 cm³/mol. The highest BCUT2D eigenvalue weighted by Gasteiger charge is 2.33. The van der Waals surface area contributed by atoms with Crippen molar-refractivity contribution in [2.24, 2.45) is 5.92 Å². The largest absolute Gasteiger partial charge is 0.469 e. The lowest BCUT2D eigenvalue weighted by atomic mass is 9.97. The van der Waals surface area contributed by atoms with E-state index in [4.69, 9.17) is 14.2 Å². The lowest BCUT2D eigenvalue weighted by molar-refractivity contribution is -0.383. The van der Waals surface area contributed by atoms with Gasteiger partial charge in [-0.1, -0.05) is 0 Å². The summed E-state index contributed by atoms with van der Waals surface area (Å²) in [6.07, 6.45) is 2.44. The average molecular weight is 397 g/mol. The van der Waals surface area contributed by atoms with Crippen LogP contribution >= 0.6 is 0 Å². The number of rotatable bonds is 10. The molecule has 0 bridgehead atoms. The number of nitrogens with zero attached hydrogens (tertiary/aromatic N) is 5. The topological polar surface area (TPSA) is 120 Å². The summed E-state index contributed by atoms with van der Waals surface area (Å²) in [5.74, 6) is 0.0571. The van der Waals surface area contributed by atoms with Crippen LogP contribution in [0.15, 0.2) is 6.33 Å². The van der Waals surface area contributed by atoms with Crippen molar-refractivity contribution in [2.45, 2.75) is 12.8 Å². The van der Waals surface area contributed by atoms with Gasteiger partial charge in [0, 0.05) is 40.4 Å². The molecule has 0 aromatic carbocycles. The summed E-state index contributed by atoms with van der Waals surface area (Å²) in [5.41, 5.74) is -0.147. The van der Waals surface area contributed by atoms with Gasteiger partial charge in [0.1, 0.15) is 6.33 Å². The summed E-state index contributed by atoms with van der Waals surface area (Å²) in [6, 6.07) is 0. The molecule has 0 spiro atoms. The van der Waals surface area contributed by atoms with E-state index in [1.807, 2.05) is 4.90 Å². The van der Waals surface area contributed by atoms with Gasteiger partial charge in [0.25, 0.3) is 0 Å². The van der Waals surface area contributed by atoms with E-state index in [1.165, 1.54) is 13.4 Å². The van der Waals surface area contributed by atoms with Crippen LogP contribution in [0.1, 0.15) is 12.8 Å². The van der Waals surface area contributed by atoms with Gasteiger partial charge in [-0.15, -0.1) is 0 Å². The Bertz CT molecular complexity index is 657. The minimum Gasteiger partial charge on any atom is -0.469 e. The number of methoxy groups -OCH3 is 3. The van der Waals surface area contributed by atoms with Crippen molar-refractivity contribution in [1.29, 1.82) is 0 Å². The number of aromatic nitrogens is 2. The van der Waals surface area contributed by atoms with Crippen molar-refractivity contribution in [3.63, 3.8) is 0 Å². The molecular formula is C17H27N5O6. The fourth-order valence-corrected chi connectivity index (χ4v) is 3.21. The standard InChI is InChI=1S/C17H27N5O6/c1-26-10-8-21(9-11-27-2)16-14(22(24)25)15(18-12-19-16)20-6-4-13(5-7-20)17(23)28-3/h12-13H,4-11H2,1-3H3. The first kappa shape index (κ1) is 21.8.